The summed E-state index contributed by atoms with van der Waals surface area (Å²) in [5, 5.41) is 89.1. The highest BCUT2D eigenvalue weighted by atomic mass is 16.8. The zero-order valence-corrected chi connectivity index (χ0v) is 19.5. The molecule has 3 aliphatic heterocycles. The van der Waals surface area contributed by atoms with Crippen molar-refractivity contribution in [2.45, 2.75) is 86.0 Å². The van der Waals surface area contributed by atoms with Crippen molar-refractivity contribution in [3.05, 3.63) is 0 Å². The Kier molecular flexibility index (Phi) is 11.2. The van der Waals surface area contributed by atoms with Crippen LogP contribution in [0.3, 0.4) is 0 Å². The molecule has 0 aromatic rings. The largest absolute Gasteiger partial charge is 0.394 e. The highest BCUT2D eigenvalue weighted by Crippen LogP contribution is 2.31. The first kappa shape index (κ1) is 29.9. The van der Waals surface area contributed by atoms with E-state index in [4.69, 9.17) is 38.3 Å². The second kappa shape index (κ2) is 13.4. The van der Waals surface area contributed by atoms with E-state index in [1.54, 1.807) is 0 Å². The van der Waals surface area contributed by atoms with Gasteiger partial charge in [0.05, 0.1) is 33.0 Å². The lowest BCUT2D eigenvalue weighted by atomic mass is 9.99. The number of hydrogen-bond donors (Lipinski definition) is 9. The van der Waals surface area contributed by atoms with Crippen LogP contribution in [-0.2, 0) is 33.2 Å². The van der Waals surface area contributed by atoms with E-state index in [2.05, 4.69) is 0 Å². The van der Waals surface area contributed by atoms with Crippen LogP contribution in [0, 0.1) is 0 Å². The van der Waals surface area contributed by atoms with E-state index in [-0.39, 0.29) is 6.61 Å². The number of ether oxygens (including phenoxy) is 7. The number of hydrogen-bond acceptors (Lipinski definition) is 16. The van der Waals surface area contributed by atoms with Gasteiger partial charge in [-0.3, -0.25) is 0 Å². The van der Waals surface area contributed by atoms with E-state index in [1.165, 1.54) is 7.11 Å². The van der Waals surface area contributed by atoms with Crippen molar-refractivity contribution in [1.29, 1.82) is 0 Å². The normalized spacial score (nSPS) is 46.7. The fourth-order valence-electron chi connectivity index (χ4n) is 4.12. The van der Waals surface area contributed by atoms with Gasteiger partial charge < -0.3 is 79.1 Å². The first-order valence-electron chi connectivity index (χ1n) is 11.4. The van der Waals surface area contributed by atoms with Crippen molar-refractivity contribution in [2.75, 3.05) is 40.1 Å². The summed E-state index contributed by atoms with van der Waals surface area (Å²) in [6.45, 7) is -2.35. The third-order valence-corrected chi connectivity index (χ3v) is 6.22. The molecule has 14 atom stereocenters. The molecular weight excluding hydrogens is 496 g/mol. The molecule has 36 heavy (non-hydrogen) atoms. The standard InChI is InChI=1S/C20H36O16/c1-30-17-12(26)9(3-22)34-20(15(17)29)36-16-10(35-19(14(16)28)31-4-7(23)2-21)6-33-18-13(27)11(25)8(24)5-32-18/h7-29H,2-6H2,1H3/t7?,8-,9+,10-,11-,12-,13+,14+,15+,16-,17-,18+,19+,20-/m0/s1. The molecule has 0 aliphatic carbocycles. The molecule has 0 saturated carbocycles. The predicted molar refractivity (Wildman–Crippen MR) is 111 cm³/mol. The lowest BCUT2D eigenvalue weighted by molar-refractivity contribution is -0.323. The van der Waals surface area contributed by atoms with Crippen molar-refractivity contribution in [2.24, 2.45) is 0 Å². The number of methoxy groups -OCH3 is 1. The summed E-state index contributed by atoms with van der Waals surface area (Å²) in [5.41, 5.74) is 0. The van der Waals surface area contributed by atoms with Crippen LogP contribution in [0.5, 0.6) is 0 Å². The van der Waals surface area contributed by atoms with Crippen LogP contribution in [0.4, 0.5) is 0 Å². The molecule has 16 heteroatoms. The molecule has 3 heterocycles. The van der Waals surface area contributed by atoms with E-state index < -0.39 is 112 Å². The molecule has 3 saturated heterocycles. The predicted octanol–water partition coefficient (Wildman–Crippen LogP) is -6.26. The summed E-state index contributed by atoms with van der Waals surface area (Å²) >= 11 is 0. The van der Waals surface area contributed by atoms with Gasteiger partial charge in [-0.1, -0.05) is 0 Å². The van der Waals surface area contributed by atoms with E-state index in [0.717, 1.165) is 0 Å². The second-order valence-corrected chi connectivity index (χ2v) is 8.79. The fourth-order valence-corrected chi connectivity index (χ4v) is 4.12. The maximum atomic E-state index is 10.8. The number of aliphatic hydroxyl groups is 9. The van der Waals surface area contributed by atoms with Gasteiger partial charge in [-0.05, 0) is 0 Å². The Balaban J connectivity index is 1.71. The van der Waals surface area contributed by atoms with E-state index in [0.29, 0.717) is 0 Å². The lowest BCUT2D eigenvalue weighted by Gasteiger charge is -2.42. The summed E-state index contributed by atoms with van der Waals surface area (Å²) in [7, 11) is 1.23. The molecule has 3 aliphatic rings. The van der Waals surface area contributed by atoms with Crippen LogP contribution in [0.2, 0.25) is 0 Å². The Hall–Kier alpha value is -0.640. The molecule has 0 amide bonds. The lowest BCUT2D eigenvalue weighted by Crippen LogP contribution is -2.61. The molecule has 0 aromatic heterocycles. The summed E-state index contributed by atoms with van der Waals surface area (Å²) in [6, 6.07) is 0. The van der Waals surface area contributed by atoms with E-state index >= 15 is 0 Å². The Labute approximate surface area is 206 Å². The van der Waals surface area contributed by atoms with Gasteiger partial charge >= 0.3 is 0 Å². The molecule has 0 radical (unpaired) electrons. The molecule has 0 spiro atoms. The van der Waals surface area contributed by atoms with E-state index in [1.807, 2.05) is 0 Å². The highest BCUT2D eigenvalue weighted by Gasteiger charge is 2.52. The molecule has 212 valence electrons. The SMILES string of the molecule is CO[C@H]1[C@@H](O)[C@@H](CO)O[C@@H](O[C@@H]2[C@@H](O)[C@H](OCC(O)CO)O[C@H]2CO[C@H]2OC[C@H](O)[C@H](O)[C@H]2O)[C@@H]1O. The molecular formula is C20H36O16. The molecule has 1 unspecified atom stereocenters. The molecule has 3 rings (SSSR count). The number of aliphatic hydroxyl groups excluding tert-OH is 9. The third-order valence-electron chi connectivity index (χ3n) is 6.22. The van der Waals surface area contributed by atoms with Gasteiger partial charge in [0.25, 0.3) is 0 Å². The van der Waals surface area contributed by atoms with Gasteiger partial charge in [-0.2, -0.15) is 0 Å². The average molecular weight is 532 g/mol. The van der Waals surface area contributed by atoms with Gasteiger partial charge in [-0.25, -0.2) is 0 Å². The molecule has 0 aromatic carbocycles. The maximum absolute atomic E-state index is 10.8. The van der Waals surface area contributed by atoms with Crippen molar-refractivity contribution in [3.8, 4) is 0 Å². The summed E-state index contributed by atoms with van der Waals surface area (Å²) in [6.07, 6.45) is -19.2. The molecule has 9 N–H and O–H groups in total. The van der Waals surface area contributed by atoms with Crippen LogP contribution in [0.25, 0.3) is 0 Å². The Morgan fingerprint density at radius 2 is 1.44 bits per heavy atom. The van der Waals surface area contributed by atoms with Crippen molar-refractivity contribution in [3.63, 3.8) is 0 Å². The molecule has 16 nitrogen and oxygen atoms in total. The zero-order chi connectivity index (χ0) is 26.6. The van der Waals surface area contributed by atoms with Crippen LogP contribution in [0.15, 0.2) is 0 Å². The Morgan fingerprint density at radius 1 is 0.778 bits per heavy atom. The second-order valence-electron chi connectivity index (χ2n) is 8.79. The van der Waals surface area contributed by atoms with Crippen LogP contribution >= 0.6 is 0 Å². The van der Waals surface area contributed by atoms with Gasteiger partial charge in [-0.15, -0.1) is 0 Å². The fraction of sp³-hybridized carbons (Fsp3) is 1.00. The van der Waals surface area contributed by atoms with Crippen molar-refractivity contribution < 1.29 is 79.1 Å². The van der Waals surface area contributed by atoms with Crippen LogP contribution in [-0.4, -0.2) is 172 Å². The summed E-state index contributed by atoms with van der Waals surface area (Å²) in [5.74, 6) is 0. The topological polar surface area (TPSA) is 247 Å². The van der Waals surface area contributed by atoms with Crippen LogP contribution in [0.1, 0.15) is 0 Å². The minimum absolute atomic E-state index is 0.312. The van der Waals surface area contributed by atoms with Gasteiger partial charge in [0.2, 0.25) is 0 Å². The minimum atomic E-state index is -1.59. The van der Waals surface area contributed by atoms with Crippen molar-refractivity contribution in [1.82, 2.24) is 0 Å². The Morgan fingerprint density at radius 3 is 2.08 bits per heavy atom. The summed E-state index contributed by atoms with van der Waals surface area (Å²) < 4.78 is 37.9. The number of rotatable bonds is 11. The van der Waals surface area contributed by atoms with Crippen LogP contribution < -0.4 is 0 Å². The van der Waals surface area contributed by atoms with Crippen molar-refractivity contribution >= 4 is 0 Å². The average Bonchev–Trinajstić information content (AvgIpc) is 3.16. The van der Waals surface area contributed by atoms with Gasteiger partial charge in [0.15, 0.2) is 18.9 Å². The monoisotopic (exact) mass is 532 g/mol. The minimum Gasteiger partial charge on any atom is -0.394 e. The smallest absolute Gasteiger partial charge is 0.187 e. The first-order chi connectivity index (χ1) is 17.1. The molecule has 3 fully saturated rings. The quantitative estimate of drug-likeness (QED) is 0.120. The zero-order valence-electron chi connectivity index (χ0n) is 19.5. The Bertz CT molecular complexity index is 657. The first-order valence-corrected chi connectivity index (χ1v) is 11.4. The maximum Gasteiger partial charge on any atom is 0.187 e. The molecule has 0 bridgehead atoms. The van der Waals surface area contributed by atoms with E-state index in [9.17, 15) is 40.9 Å². The third kappa shape index (κ3) is 6.67. The highest BCUT2D eigenvalue weighted by molar-refractivity contribution is 4.94. The summed E-state index contributed by atoms with van der Waals surface area (Å²) in [4.78, 5) is 0. The van der Waals surface area contributed by atoms with Gasteiger partial charge in [0.1, 0.15) is 67.1 Å². The van der Waals surface area contributed by atoms with Gasteiger partial charge in [0, 0.05) is 7.11 Å².